The van der Waals surface area contributed by atoms with E-state index in [2.05, 4.69) is 4.98 Å². The number of carbonyl (C=O) groups excluding carboxylic acids is 1. The number of hydrogen-bond donors (Lipinski definition) is 3. The highest BCUT2D eigenvalue weighted by atomic mass is 32.1. The van der Waals surface area contributed by atoms with Crippen LogP contribution < -0.4 is 21.9 Å². The van der Waals surface area contributed by atoms with Crippen LogP contribution in [-0.2, 0) is 0 Å². The zero-order valence-corrected chi connectivity index (χ0v) is 11.4. The Morgan fingerprint density at radius 2 is 2.26 bits per heavy atom. The smallest absolute Gasteiger partial charge is 0.260 e. The van der Waals surface area contributed by atoms with E-state index >= 15 is 0 Å². The van der Waals surface area contributed by atoms with Crippen LogP contribution in [0.4, 0.5) is 5.69 Å². The first kappa shape index (κ1) is 13.6. The fraction of sp³-hybridized carbons (Fsp3) is 0.333. The van der Waals surface area contributed by atoms with E-state index in [4.69, 9.17) is 21.9 Å². The van der Waals surface area contributed by atoms with Gasteiger partial charge in [-0.05, 0) is 25.5 Å². The molecule has 0 bridgehead atoms. The van der Waals surface area contributed by atoms with E-state index in [0.717, 1.165) is 17.4 Å². The third-order valence-corrected chi connectivity index (χ3v) is 3.81. The molecule has 0 spiro atoms. The van der Waals surface area contributed by atoms with E-state index in [1.807, 2.05) is 6.92 Å². The summed E-state index contributed by atoms with van der Waals surface area (Å²) in [6.07, 6.45) is 0.762. The van der Waals surface area contributed by atoms with Crippen LogP contribution in [-0.4, -0.2) is 24.0 Å². The van der Waals surface area contributed by atoms with E-state index in [9.17, 15) is 4.79 Å². The number of anilines is 1. The Morgan fingerprint density at radius 1 is 1.53 bits per heavy atom. The van der Waals surface area contributed by atoms with Gasteiger partial charge in [0, 0.05) is 11.5 Å². The predicted molar refractivity (Wildman–Crippen MR) is 76.5 cm³/mol. The van der Waals surface area contributed by atoms with Gasteiger partial charge in [0.05, 0.1) is 12.3 Å². The first-order chi connectivity index (χ1) is 9.04. The number of nitrogen functional groups attached to an aromatic ring is 1. The van der Waals surface area contributed by atoms with Crippen LogP contribution in [0.5, 0.6) is 5.88 Å². The molecule has 0 radical (unpaired) electrons. The summed E-state index contributed by atoms with van der Waals surface area (Å²) in [7, 11) is 0. The molecule has 0 aliphatic heterocycles. The quantitative estimate of drug-likeness (QED) is 0.707. The number of rotatable bonds is 5. The van der Waals surface area contributed by atoms with Crippen LogP contribution in [0.1, 0.15) is 21.7 Å². The molecule has 0 aliphatic rings. The Morgan fingerprint density at radius 3 is 2.89 bits per heavy atom. The topological polar surface area (TPSA) is 117 Å². The van der Waals surface area contributed by atoms with Crippen LogP contribution in [0.25, 0.3) is 10.2 Å². The molecule has 0 saturated heterocycles. The molecule has 0 saturated carbocycles. The van der Waals surface area contributed by atoms with Gasteiger partial charge in [0.1, 0.15) is 9.71 Å². The summed E-state index contributed by atoms with van der Waals surface area (Å²) in [5, 5.41) is 0.768. The van der Waals surface area contributed by atoms with Crippen molar-refractivity contribution in [2.45, 2.75) is 13.3 Å². The first-order valence-electron chi connectivity index (χ1n) is 5.87. The number of aryl methyl sites for hydroxylation is 1. The number of nitrogens with zero attached hydrogens (tertiary/aromatic N) is 1. The highest BCUT2D eigenvalue weighted by Gasteiger charge is 2.17. The minimum atomic E-state index is -0.537. The number of primary amides is 1. The summed E-state index contributed by atoms with van der Waals surface area (Å²) in [6, 6.07) is 1.80. The summed E-state index contributed by atoms with van der Waals surface area (Å²) in [6.45, 7) is 2.98. The van der Waals surface area contributed by atoms with E-state index in [1.54, 1.807) is 6.07 Å². The highest BCUT2D eigenvalue weighted by Crippen LogP contribution is 2.35. The standard InChI is InChI=1S/C12H16N4O2S/c1-6-5-7(18-4-2-3-13)16-12-8(6)9(14)10(19-12)11(15)17/h5H,2-4,13-14H2,1H3,(H2,15,17). The Balaban J connectivity index is 2.43. The monoisotopic (exact) mass is 280 g/mol. The van der Waals surface area contributed by atoms with Crippen LogP contribution in [0.2, 0.25) is 0 Å². The zero-order valence-electron chi connectivity index (χ0n) is 10.6. The Bertz CT molecular complexity index is 624. The number of amides is 1. The summed E-state index contributed by atoms with van der Waals surface area (Å²) < 4.78 is 5.50. The number of pyridine rings is 1. The fourth-order valence-corrected chi connectivity index (χ4v) is 2.81. The summed E-state index contributed by atoms with van der Waals surface area (Å²) >= 11 is 1.18. The maximum absolute atomic E-state index is 11.3. The maximum atomic E-state index is 11.3. The van der Waals surface area contributed by atoms with Crippen LogP contribution >= 0.6 is 11.3 Å². The van der Waals surface area contributed by atoms with Crippen molar-refractivity contribution in [3.8, 4) is 5.88 Å². The third-order valence-electron chi connectivity index (χ3n) is 2.69. The molecule has 19 heavy (non-hydrogen) atoms. The average molecular weight is 280 g/mol. The van der Waals surface area contributed by atoms with Crippen molar-refractivity contribution in [3.63, 3.8) is 0 Å². The lowest BCUT2D eigenvalue weighted by atomic mass is 10.1. The predicted octanol–water partition coefficient (Wildman–Crippen LogP) is 1.01. The van der Waals surface area contributed by atoms with E-state index < -0.39 is 5.91 Å². The van der Waals surface area contributed by atoms with Gasteiger partial charge in [-0.2, -0.15) is 0 Å². The molecule has 0 fully saturated rings. The average Bonchev–Trinajstić information content (AvgIpc) is 2.67. The Kier molecular flexibility index (Phi) is 3.87. The number of carbonyl (C=O) groups is 1. The van der Waals surface area contributed by atoms with Gasteiger partial charge in [-0.25, -0.2) is 4.98 Å². The van der Waals surface area contributed by atoms with Crippen LogP contribution in [0.3, 0.4) is 0 Å². The molecule has 0 atom stereocenters. The minimum absolute atomic E-state index is 0.338. The molecule has 7 heteroatoms. The molecule has 2 rings (SSSR count). The van der Waals surface area contributed by atoms with Gasteiger partial charge >= 0.3 is 0 Å². The van der Waals surface area contributed by atoms with Crippen molar-refractivity contribution in [1.29, 1.82) is 0 Å². The molecule has 2 heterocycles. The summed E-state index contributed by atoms with van der Waals surface area (Å²) in [5.41, 5.74) is 17.9. The van der Waals surface area contributed by atoms with Gasteiger partial charge in [0.2, 0.25) is 5.88 Å². The van der Waals surface area contributed by atoms with Crippen LogP contribution in [0, 0.1) is 6.92 Å². The van der Waals surface area contributed by atoms with Gasteiger partial charge in [0.25, 0.3) is 5.91 Å². The van der Waals surface area contributed by atoms with Crippen LogP contribution in [0.15, 0.2) is 6.07 Å². The van der Waals surface area contributed by atoms with Crippen molar-refractivity contribution in [3.05, 3.63) is 16.5 Å². The lowest BCUT2D eigenvalue weighted by Gasteiger charge is -2.06. The highest BCUT2D eigenvalue weighted by molar-refractivity contribution is 7.21. The SMILES string of the molecule is Cc1cc(OCCCN)nc2sc(C(N)=O)c(N)c12. The van der Waals surface area contributed by atoms with Crippen molar-refractivity contribution in [2.75, 3.05) is 18.9 Å². The molecule has 6 nitrogen and oxygen atoms in total. The van der Waals surface area contributed by atoms with E-state index in [0.29, 0.717) is 34.4 Å². The third kappa shape index (κ3) is 2.61. The second-order valence-electron chi connectivity index (χ2n) is 4.16. The number of aromatic nitrogens is 1. The molecular formula is C12H16N4O2S. The Hall–Kier alpha value is -1.86. The molecule has 102 valence electrons. The second kappa shape index (κ2) is 5.41. The largest absolute Gasteiger partial charge is 0.478 e. The molecule has 0 aliphatic carbocycles. The Labute approximate surface area is 114 Å². The van der Waals surface area contributed by atoms with Crippen molar-refractivity contribution in [1.82, 2.24) is 4.98 Å². The minimum Gasteiger partial charge on any atom is -0.478 e. The lowest BCUT2D eigenvalue weighted by Crippen LogP contribution is -2.10. The second-order valence-corrected chi connectivity index (χ2v) is 5.16. The molecule has 1 amide bonds. The zero-order chi connectivity index (χ0) is 14.0. The number of ether oxygens (including phenoxy) is 1. The number of fused-ring (bicyclic) bond motifs is 1. The molecule has 2 aromatic rings. The molecular weight excluding hydrogens is 264 g/mol. The normalized spacial score (nSPS) is 10.8. The fourth-order valence-electron chi connectivity index (χ4n) is 1.80. The number of hydrogen-bond acceptors (Lipinski definition) is 6. The van der Waals surface area contributed by atoms with Crippen molar-refractivity contribution >= 4 is 33.1 Å². The number of nitrogens with two attached hydrogens (primary N) is 3. The molecule has 0 unspecified atom stereocenters. The first-order valence-corrected chi connectivity index (χ1v) is 6.68. The molecule has 2 aromatic heterocycles. The van der Waals surface area contributed by atoms with Gasteiger partial charge in [0.15, 0.2) is 0 Å². The number of thiophene rings is 1. The van der Waals surface area contributed by atoms with Crippen molar-refractivity contribution in [2.24, 2.45) is 11.5 Å². The van der Waals surface area contributed by atoms with E-state index in [-0.39, 0.29) is 0 Å². The van der Waals surface area contributed by atoms with Gasteiger partial charge < -0.3 is 21.9 Å². The van der Waals surface area contributed by atoms with Crippen molar-refractivity contribution < 1.29 is 9.53 Å². The maximum Gasteiger partial charge on any atom is 0.260 e. The van der Waals surface area contributed by atoms with Gasteiger partial charge in [-0.15, -0.1) is 11.3 Å². The summed E-state index contributed by atoms with van der Waals surface area (Å²) in [4.78, 5) is 16.6. The summed E-state index contributed by atoms with van der Waals surface area (Å²) in [5.74, 6) is -0.0266. The lowest BCUT2D eigenvalue weighted by molar-refractivity contribution is 0.100. The van der Waals surface area contributed by atoms with Gasteiger partial charge in [-0.3, -0.25) is 4.79 Å². The van der Waals surface area contributed by atoms with Gasteiger partial charge in [-0.1, -0.05) is 0 Å². The molecule has 0 aromatic carbocycles. The van der Waals surface area contributed by atoms with E-state index in [1.165, 1.54) is 11.3 Å². The molecule has 6 N–H and O–H groups in total.